The zero-order valence-corrected chi connectivity index (χ0v) is 16.4. The first-order valence-corrected chi connectivity index (χ1v) is 9.68. The van der Waals surface area contributed by atoms with E-state index in [9.17, 15) is 18.8 Å². The Hall–Kier alpha value is -3.33. The first kappa shape index (κ1) is 20.0. The molecule has 0 amide bonds. The minimum absolute atomic E-state index is 0.00590. The van der Waals surface area contributed by atoms with Crippen molar-refractivity contribution in [2.24, 2.45) is 5.73 Å². The minimum atomic E-state index is -0.731. The molecule has 1 saturated carbocycles. The van der Waals surface area contributed by atoms with E-state index in [1.807, 2.05) is 0 Å². The van der Waals surface area contributed by atoms with Crippen LogP contribution >= 0.6 is 0 Å². The number of nitrogens with one attached hydrogen (secondary N) is 1. The van der Waals surface area contributed by atoms with Crippen molar-refractivity contribution >= 4 is 17.0 Å². The van der Waals surface area contributed by atoms with Crippen molar-refractivity contribution in [3.63, 3.8) is 0 Å². The number of fused-ring (bicyclic) bond motifs is 1. The van der Waals surface area contributed by atoms with Gasteiger partial charge in [-0.15, -0.1) is 0 Å². The second-order valence-electron chi connectivity index (χ2n) is 7.45. The number of aromatic amines is 1. The number of hydrogen-bond donors (Lipinski definition) is 2. The fourth-order valence-electron chi connectivity index (χ4n) is 4.06. The van der Waals surface area contributed by atoms with Crippen LogP contribution < -0.4 is 17.0 Å². The normalized spacial score (nSPS) is 19.0. The van der Waals surface area contributed by atoms with Crippen molar-refractivity contribution in [1.29, 1.82) is 0 Å². The van der Waals surface area contributed by atoms with Crippen LogP contribution in [0.25, 0.3) is 22.2 Å². The molecule has 9 heteroatoms. The van der Waals surface area contributed by atoms with Crippen LogP contribution in [0.5, 0.6) is 0 Å². The quantitative estimate of drug-likeness (QED) is 0.636. The largest absolute Gasteiger partial charge is 0.465 e. The summed E-state index contributed by atoms with van der Waals surface area (Å²) in [5, 5.41) is -0.0357. The van der Waals surface area contributed by atoms with Gasteiger partial charge in [0.25, 0.3) is 5.56 Å². The van der Waals surface area contributed by atoms with Gasteiger partial charge in [-0.2, -0.15) is 0 Å². The highest BCUT2D eigenvalue weighted by atomic mass is 19.1. The number of hydrogen-bond acceptors (Lipinski definition) is 6. The molecule has 30 heavy (non-hydrogen) atoms. The molecular formula is C21H21FN4O4. The van der Waals surface area contributed by atoms with Crippen molar-refractivity contribution in [1.82, 2.24) is 14.5 Å². The number of benzene rings is 1. The lowest BCUT2D eigenvalue weighted by Crippen LogP contribution is -2.41. The number of carbonyl (C=O) groups excluding carboxylic acids is 1. The molecule has 1 fully saturated rings. The molecule has 0 radical (unpaired) electrons. The molecule has 0 aliphatic heterocycles. The van der Waals surface area contributed by atoms with Gasteiger partial charge in [0.05, 0.1) is 24.3 Å². The highest BCUT2D eigenvalue weighted by molar-refractivity contribution is 5.95. The van der Waals surface area contributed by atoms with E-state index in [1.165, 1.54) is 19.2 Å². The smallest absolute Gasteiger partial charge is 0.337 e. The number of nitrogens with zero attached hydrogens (tertiary/aromatic N) is 2. The standard InChI is InChI=1S/C21H21FN4O4/c1-30-20(28)12-4-2-3-11(9-12)16-15(22)10-24-18-17(16)19(27)26(21(29)25-18)14-7-5-13(23)6-8-14/h2-4,9-10,13-14H,5-8,23H2,1H3,(H,24,25,29). The van der Waals surface area contributed by atoms with Crippen LogP contribution in [0.4, 0.5) is 4.39 Å². The highest BCUT2D eigenvalue weighted by Crippen LogP contribution is 2.30. The minimum Gasteiger partial charge on any atom is -0.465 e. The van der Waals surface area contributed by atoms with Gasteiger partial charge in [-0.25, -0.2) is 19.0 Å². The van der Waals surface area contributed by atoms with Gasteiger partial charge in [-0.3, -0.25) is 14.3 Å². The number of H-pyrrole nitrogens is 1. The maximum atomic E-state index is 14.9. The van der Waals surface area contributed by atoms with Crippen molar-refractivity contribution in [3.8, 4) is 11.1 Å². The maximum Gasteiger partial charge on any atom is 0.337 e. The van der Waals surface area contributed by atoms with E-state index in [1.54, 1.807) is 12.1 Å². The molecular weight excluding hydrogens is 391 g/mol. The lowest BCUT2D eigenvalue weighted by atomic mass is 9.91. The van der Waals surface area contributed by atoms with E-state index in [0.717, 1.165) is 10.8 Å². The van der Waals surface area contributed by atoms with Crippen LogP contribution in [-0.2, 0) is 4.74 Å². The molecule has 4 rings (SSSR count). The van der Waals surface area contributed by atoms with E-state index in [4.69, 9.17) is 10.5 Å². The summed E-state index contributed by atoms with van der Waals surface area (Å²) in [6, 6.07) is 5.86. The summed E-state index contributed by atoms with van der Waals surface area (Å²) in [5.41, 5.74) is 5.24. The van der Waals surface area contributed by atoms with Gasteiger partial charge in [-0.05, 0) is 43.4 Å². The summed E-state index contributed by atoms with van der Waals surface area (Å²) in [4.78, 5) is 44.4. The Bertz CT molecular complexity index is 1240. The van der Waals surface area contributed by atoms with Gasteiger partial charge in [0, 0.05) is 17.6 Å². The molecule has 2 heterocycles. The summed E-state index contributed by atoms with van der Waals surface area (Å²) < 4.78 is 20.8. The molecule has 0 bridgehead atoms. The fraction of sp³-hybridized carbons (Fsp3) is 0.333. The van der Waals surface area contributed by atoms with E-state index < -0.39 is 23.0 Å². The Morgan fingerprint density at radius 2 is 2.00 bits per heavy atom. The number of esters is 1. The van der Waals surface area contributed by atoms with Gasteiger partial charge < -0.3 is 10.5 Å². The van der Waals surface area contributed by atoms with Gasteiger partial charge in [0.1, 0.15) is 11.5 Å². The first-order chi connectivity index (χ1) is 14.4. The third kappa shape index (κ3) is 3.41. The molecule has 1 aromatic carbocycles. The van der Waals surface area contributed by atoms with E-state index in [-0.39, 0.29) is 34.2 Å². The van der Waals surface area contributed by atoms with Crippen LogP contribution in [0.2, 0.25) is 0 Å². The zero-order chi connectivity index (χ0) is 21.4. The molecule has 2 aromatic heterocycles. The second-order valence-corrected chi connectivity index (χ2v) is 7.45. The summed E-state index contributed by atoms with van der Waals surface area (Å²) >= 11 is 0. The SMILES string of the molecule is COC(=O)c1cccc(-c2c(F)cnc3[nH]c(=O)n(C4CCC(N)CC4)c(=O)c23)c1. The molecule has 8 nitrogen and oxygen atoms in total. The number of methoxy groups -OCH3 is 1. The number of halogens is 1. The predicted octanol–water partition coefficient (Wildman–Crippen LogP) is 2.12. The summed E-state index contributed by atoms with van der Waals surface area (Å²) in [6.07, 6.45) is 3.52. The Balaban J connectivity index is 1.96. The molecule has 0 spiro atoms. The number of nitrogens with two attached hydrogens (primary N) is 1. The number of aromatic nitrogens is 3. The Labute approximate surface area is 170 Å². The topological polar surface area (TPSA) is 120 Å². The molecule has 3 N–H and O–H groups in total. The Morgan fingerprint density at radius 3 is 2.70 bits per heavy atom. The van der Waals surface area contributed by atoms with Crippen molar-refractivity contribution in [2.75, 3.05) is 7.11 Å². The molecule has 0 unspecified atom stereocenters. The van der Waals surface area contributed by atoms with Crippen molar-refractivity contribution < 1.29 is 13.9 Å². The predicted molar refractivity (Wildman–Crippen MR) is 109 cm³/mol. The van der Waals surface area contributed by atoms with Crippen LogP contribution in [0.3, 0.4) is 0 Å². The van der Waals surface area contributed by atoms with Crippen molar-refractivity contribution in [2.45, 2.75) is 37.8 Å². The zero-order valence-electron chi connectivity index (χ0n) is 16.4. The van der Waals surface area contributed by atoms with Crippen LogP contribution in [-0.4, -0.2) is 33.7 Å². The van der Waals surface area contributed by atoms with Crippen LogP contribution in [0, 0.1) is 5.82 Å². The van der Waals surface area contributed by atoms with E-state index in [0.29, 0.717) is 31.2 Å². The average molecular weight is 412 g/mol. The number of carbonyl (C=O) groups is 1. The second kappa shape index (κ2) is 7.83. The van der Waals surface area contributed by atoms with E-state index >= 15 is 0 Å². The monoisotopic (exact) mass is 412 g/mol. The summed E-state index contributed by atoms with van der Waals surface area (Å²) in [5.74, 6) is -1.31. The highest BCUT2D eigenvalue weighted by Gasteiger charge is 2.25. The van der Waals surface area contributed by atoms with Gasteiger partial charge in [0.2, 0.25) is 0 Å². The van der Waals surface area contributed by atoms with Crippen LogP contribution in [0.1, 0.15) is 42.1 Å². The maximum absolute atomic E-state index is 14.9. The molecule has 1 aliphatic rings. The molecule has 0 atom stereocenters. The first-order valence-electron chi connectivity index (χ1n) is 9.68. The molecule has 156 valence electrons. The third-order valence-corrected chi connectivity index (χ3v) is 5.59. The molecule has 1 aliphatic carbocycles. The lowest BCUT2D eigenvalue weighted by molar-refractivity contribution is 0.0601. The van der Waals surface area contributed by atoms with Gasteiger partial charge >= 0.3 is 11.7 Å². The average Bonchev–Trinajstić information content (AvgIpc) is 2.75. The van der Waals surface area contributed by atoms with E-state index in [2.05, 4.69) is 9.97 Å². The fourth-order valence-corrected chi connectivity index (χ4v) is 4.06. The lowest BCUT2D eigenvalue weighted by Gasteiger charge is -2.27. The molecule has 0 saturated heterocycles. The van der Waals surface area contributed by atoms with Crippen LogP contribution in [0.15, 0.2) is 40.1 Å². The third-order valence-electron chi connectivity index (χ3n) is 5.59. The van der Waals surface area contributed by atoms with Gasteiger partial charge in [0.15, 0.2) is 0 Å². The number of pyridine rings is 1. The summed E-state index contributed by atoms with van der Waals surface area (Å²) in [6.45, 7) is 0. The molecule has 3 aromatic rings. The number of rotatable bonds is 3. The van der Waals surface area contributed by atoms with Gasteiger partial charge in [-0.1, -0.05) is 12.1 Å². The Kier molecular flexibility index (Phi) is 5.21. The number of ether oxygens (including phenoxy) is 1. The Morgan fingerprint density at radius 1 is 1.27 bits per heavy atom. The summed E-state index contributed by atoms with van der Waals surface area (Å²) in [7, 11) is 1.25. The van der Waals surface area contributed by atoms with Crippen molar-refractivity contribution in [3.05, 3.63) is 62.7 Å².